The number of hydrogen-bond donors (Lipinski definition) is 3. The van der Waals surface area contributed by atoms with E-state index in [0.29, 0.717) is 31.6 Å². The monoisotopic (exact) mass is 348 g/mol. The number of carboxylic acids is 1. The predicted octanol–water partition coefficient (Wildman–Crippen LogP) is 1.79. The number of nitrogens with one attached hydrogen (secondary N) is 2. The molecule has 3 N–H and O–H groups in total. The standard InChI is InChI=1S/C17H24N4O4/c1-20(2)17(25)19-14-7-5-12(6-8-14)10-18-16(24)21-9-3-4-13(11-21)15(22)23/h5-8,13H,3-4,9-11H2,1-2H3,(H,18,24)(H,19,25)(H,22,23). The van der Waals surface area contributed by atoms with Crippen LogP contribution in [0.3, 0.4) is 0 Å². The highest BCUT2D eigenvalue weighted by molar-refractivity contribution is 5.88. The molecule has 2 rings (SSSR count). The lowest BCUT2D eigenvalue weighted by Crippen LogP contribution is -2.46. The number of carboxylic acid groups (broad SMARTS) is 1. The smallest absolute Gasteiger partial charge is 0.321 e. The molecule has 0 bridgehead atoms. The van der Waals surface area contributed by atoms with Crippen LogP contribution in [0.4, 0.5) is 15.3 Å². The number of amides is 4. The van der Waals surface area contributed by atoms with Crippen LogP contribution in [0, 0.1) is 5.92 Å². The van der Waals surface area contributed by atoms with Crippen LogP contribution >= 0.6 is 0 Å². The van der Waals surface area contributed by atoms with Gasteiger partial charge in [0.05, 0.1) is 5.92 Å². The van der Waals surface area contributed by atoms with Gasteiger partial charge in [-0.2, -0.15) is 0 Å². The molecule has 8 nitrogen and oxygen atoms in total. The largest absolute Gasteiger partial charge is 0.481 e. The second-order valence-electron chi connectivity index (χ2n) is 6.30. The Labute approximate surface area is 146 Å². The lowest BCUT2D eigenvalue weighted by molar-refractivity contribution is -0.143. The van der Waals surface area contributed by atoms with Crippen molar-refractivity contribution in [2.75, 3.05) is 32.5 Å². The van der Waals surface area contributed by atoms with Crippen molar-refractivity contribution in [3.63, 3.8) is 0 Å². The number of anilines is 1. The summed E-state index contributed by atoms with van der Waals surface area (Å²) < 4.78 is 0. The van der Waals surface area contributed by atoms with Gasteiger partial charge in [-0.3, -0.25) is 4.79 Å². The zero-order valence-corrected chi connectivity index (χ0v) is 14.5. The van der Waals surface area contributed by atoms with E-state index in [4.69, 9.17) is 5.11 Å². The molecule has 1 aromatic carbocycles. The summed E-state index contributed by atoms with van der Waals surface area (Å²) in [6.07, 6.45) is 1.31. The van der Waals surface area contributed by atoms with Crippen LogP contribution in [-0.2, 0) is 11.3 Å². The maximum Gasteiger partial charge on any atom is 0.321 e. The number of rotatable bonds is 4. The van der Waals surface area contributed by atoms with Gasteiger partial charge in [-0.1, -0.05) is 12.1 Å². The van der Waals surface area contributed by atoms with Gasteiger partial charge in [-0.25, -0.2) is 9.59 Å². The fraction of sp³-hybridized carbons (Fsp3) is 0.471. The molecule has 1 heterocycles. The third kappa shape index (κ3) is 5.37. The van der Waals surface area contributed by atoms with E-state index in [1.807, 2.05) is 12.1 Å². The molecule has 0 aromatic heterocycles. The number of urea groups is 2. The number of likely N-dealkylation sites (tertiary alicyclic amines) is 1. The van der Waals surface area contributed by atoms with E-state index >= 15 is 0 Å². The fourth-order valence-corrected chi connectivity index (χ4v) is 2.59. The minimum absolute atomic E-state index is 0.209. The van der Waals surface area contributed by atoms with Crippen molar-refractivity contribution in [2.45, 2.75) is 19.4 Å². The average molecular weight is 348 g/mol. The highest BCUT2D eigenvalue weighted by Gasteiger charge is 2.27. The Morgan fingerprint density at radius 1 is 1.24 bits per heavy atom. The Morgan fingerprint density at radius 3 is 2.52 bits per heavy atom. The Kier molecular flexibility index (Phi) is 6.21. The number of piperidine rings is 1. The summed E-state index contributed by atoms with van der Waals surface area (Å²) in [6.45, 7) is 1.16. The third-order valence-electron chi connectivity index (χ3n) is 4.11. The van der Waals surface area contributed by atoms with Crippen LogP contribution in [0.25, 0.3) is 0 Å². The Morgan fingerprint density at radius 2 is 1.92 bits per heavy atom. The third-order valence-corrected chi connectivity index (χ3v) is 4.11. The summed E-state index contributed by atoms with van der Waals surface area (Å²) in [6, 6.07) is 6.72. The molecule has 1 unspecified atom stereocenters. The first-order valence-corrected chi connectivity index (χ1v) is 8.19. The molecule has 0 aliphatic carbocycles. The number of carbonyl (C=O) groups is 3. The van der Waals surface area contributed by atoms with Crippen LogP contribution < -0.4 is 10.6 Å². The summed E-state index contributed by atoms with van der Waals surface area (Å²) in [5, 5.41) is 14.6. The van der Waals surface area contributed by atoms with Crippen molar-refractivity contribution in [3.8, 4) is 0 Å². The number of hydrogen-bond acceptors (Lipinski definition) is 3. The molecule has 1 fully saturated rings. The van der Waals surface area contributed by atoms with Gasteiger partial charge in [0.1, 0.15) is 0 Å². The van der Waals surface area contributed by atoms with Gasteiger partial charge in [0.2, 0.25) is 0 Å². The summed E-state index contributed by atoms with van der Waals surface area (Å²) in [5.41, 5.74) is 1.57. The summed E-state index contributed by atoms with van der Waals surface area (Å²) in [4.78, 5) is 37.8. The van der Waals surface area contributed by atoms with Gasteiger partial charge in [-0.05, 0) is 30.5 Å². The molecule has 1 saturated heterocycles. The normalized spacial score (nSPS) is 16.9. The predicted molar refractivity (Wildman–Crippen MR) is 93.3 cm³/mol. The zero-order chi connectivity index (χ0) is 18.4. The molecular formula is C17H24N4O4. The van der Waals surface area contributed by atoms with Crippen LogP contribution in [0.15, 0.2) is 24.3 Å². The van der Waals surface area contributed by atoms with Gasteiger partial charge < -0.3 is 25.5 Å². The molecule has 136 valence electrons. The van der Waals surface area contributed by atoms with Crippen molar-refractivity contribution in [3.05, 3.63) is 29.8 Å². The fourth-order valence-electron chi connectivity index (χ4n) is 2.59. The van der Waals surface area contributed by atoms with Gasteiger partial charge >= 0.3 is 18.0 Å². The van der Waals surface area contributed by atoms with Crippen molar-refractivity contribution in [2.24, 2.45) is 5.92 Å². The average Bonchev–Trinajstić information content (AvgIpc) is 2.60. The highest BCUT2D eigenvalue weighted by Crippen LogP contribution is 2.17. The van der Waals surface area contributed by atoms with E-state index < -0.39 is 11.9 Å². The topological polar surface area (TPSA) is 102 Å². The van der Waals surface area contributed by atoms with Crippen LogP contribution in [-0.4, -0.2) is 60.1 Å². The van der Waals surface area contributed by atoms with Crippen molar-refractivity contribution >= 4 is 23.7 Å². The molecule has 0 saturated carbocycles. The molecule has 1 aliphatic heterocycles. The molecule has 8 heteroatoms. The SMILES string of the molecule is CN(C)C(=O)Nc1ccc(CNC(=O)N2CCCC(C(=O)O)C2)cc1. The molecule has 0 radical (unpaired) electrons. The van der Waals surface area contributed by atoms with E-state index in [2.05, 4.69) is 10.6 Å². The van der Waals surface area contributed by atoms with Crippen molar-refractivity contribution in [1.82, 2.24) is 15.1 Å². The maximum atomic E-state index is 12.2. The van der Waals surface area contributed by atoms with E-state index in [1.54, 1.807) is 31.1 Å². The Hall–Kier alpha value is -2.77. The van der Waals surface area contributed by atoms with Gasteiger partial charge in [0.15, 0.2) is 0 Å². The lowest BCUT2D eigenvalue weighted by Gasteiger charge is -2.30. The molecule has 1 aliphatic rings. The Bertz CT molecular complexity index is 630. The van der Waals surface area contributed by atoms with Gasteiger partial charge in [0.25, 0.3) is 0 Å². The Balaban J connectivity index is 1.83. The van der Waals surface area contributed by atoms with Gasteiger partial charge in [-0.15, -0.1) is 0 Å². The maximum absolute atomic E-state index is 12.2. The molecule has 1 atom stereocenters. The minimum Gasteiger partial charge on any atom is -0.481 e. The number of nitrogens with zero attached hydrogens (tertiary/aromatic N) is 2. The first kappa shape index (κ1) is 18.6. The molecule has 0 spiro atoms. The molecule has 1 aromatic rings. The van der Waals surface area contributed by atoms with E-state index in [0.717, 1.165) is 5.56 Å². The molecular weight excluding hydrogens is 324 g/mol. The van der Waals surface area contributed by atoms with Crippen LogP contribution in [0.5, 0.6) is 0 Å². The van der Waals surface area contributed by atoms with Crippen LogP contribution in [0.1, 0.15) is 18.4 Å². The van der Waals surface area contributed by atoms with Crippen molar-refractivity contribution in [1.29, 1.82) is 0 Å². The molecule has 4 amide bonds. The summed E-state index contributed by atoms with van der Waals surface area (Å²) in [5.74, 6) is -1.34. The number of benzene rings is 1. The zero-order valence-electron chi connectivity index (χ0n) is 14.5. The van der Waals surface area contributed by atoms with E-state index in [-0.39, 0.29) is 18.6 Å². The van der Waals surface area contributed by atoms with E-state index in [9.17, 15) is 14.4 Å². The second-order valence-corrected chi connectivity index (χ2v) is 6.30. The quantitative estimate of drug-likeness (QED) is 0.772. The summed E-state index contributed by atoms with van der Waals surface area (Å²) in [7, 11) is 3.32. The molecule has 25 heavy (non-hydrogen) atoms. The van der Waals surface area contributed by atoms with Crippen molar-refractivity contribution < 1.29 is 19.5 Å². The highest BCUT2D eigenvalue weighted by atomic mass is 16.4. The summed E-state index contributed by atoms with van der Waals surface area (Å²) >= 11 is 0. The van der Waals surface area contributed by atoms with Crippen LogP contribution in [0.2, 0.25) is 0 Å². The first-order chi connectivity index (χ1) is 11.9. The number of carbonyl (C=O) groups excluding carboxylic acids is 2. The second kappa shape index (κ2) is 8.36. The lowest BCUT2D eigenvalue weighted by atomic mass is 9.99. The minimum atomic E-state index is -0.854. The number of aliphatic carboxylic acids is 1. The first-order valence-electron chi connectivity index (χ1n) is 8.19. The van der Waals surface area contributed by atoms with E-state index in [1.165, 1.54) is 4.90 Å². The van der Waals surface area contributed by atoms with Gasteiger partial charge in [0, 0.05) is 39.4 Å².